The zero-order valence-electron chi connectivity index (χ0n) is 26.3. The number of rotatable bonds is 4. The number of hydrogen-bond acceptors (Lipinski definition) is 4. The van der Waals surface area contributed by atoms with Crippen molar-refractivity contribution in [3.63, 3.8) is 0 Å². The molecule has 228 valence electrons. The molecule has 2 heterocycles. The summed E-state index contributed by atoms with van der Waals surface area (Å²) >= 11 is 0. The summed E-state index contributed by atoms with van der Waals surface area (Å²) < 4.78 is 6.73. The second-order valence-electron chi connectivity index (χ2n) is 12.4. The SMILES string of the molecule is c1ccc(-c2nc(-c3ccc4ccccc4c3)nc(-c3ccccc3-c3cc4ccc5ccccc5c4c4oc5ccccc5c34)n2)cc1. The lowest BCUT2D eigenvalue weighted by Crippen LogP contribution is -2.01. The number of hydrogen-bond donors (Lipinski definition) is 0. The van der Waals surface area contributed by atoms with Crippen LogP contribution in [-0.4, -0.2) is 15.0 Å². The Bertz CT molecular complexity index is 2890. The smallest absolute Gasteiger partial charge is 0.164 e. The molecule has 2 aromatic heterocycles. The van der Waals surface area contributed by atoms with Crippen LogP contribution in [-0.2, 0) is 0 Å². The Hall–Kier alpha value is -6.65. The minimum atomic E-state index is 0.618. The summed E-state index contributed by atoms with van der Waals surface area (Å²) in [5, 5.41) is 9.08. The highest BCUT2D eigenvalue weighted by Gasteiger charge is 2.21. The molecule has 0 fully saturated rings. The van der Waals surface area contributed by atoms with E-state index in [1.807, 2.05) is 36.4 Å². The highest BCUT2D eigenvalue weighted by molar-refractivity contribution is 6.27. The summed E-state index contributed by atoms with van der Waals surface area (Å²) in [6.07, 6.45) is 0. The second-order valence-corrected chi connectivity index (χ2v) is 12.4. The molecule has 0 saturated heterocycles. The van der Waals surface area contributed by atoms with E-state index in [9.17, 15) is 0 Å². The van der Waals surface area contributed by atoms with Gasteiger partial charge in [0.05, 0.1) is 0 Å². The van der Waals surface area contributed by atoms with Gasteiger partial charge in [-0.2, -0.15) is 0 Å². The molecule has 8 aromatic carbocycles. The minimum absolute atomic E-state index is 0.618. The van der Waals surface area contributed by atoms with E-state index >= 15 is 0 Å². The Kier molecular flexibility index (Phi) is 6.15. The summed E-state index contributed by atoms with van der Waals surface area (Å²) in [6.45, 7) is 0. The molecular formula is C45H27N3O. The van der Waals surface area contributed by atoms with Gasteiger partial charge in [0.25, 0.3) is 0 Å². The van der Waals surface area contributed by atoms with Gasteiger partial charge in [-0.15, -0.1) is 0 Å². The van der Waals surface area contributed by atoms with Crippen molar-refractivity contribution in [3.8, 4) is 45.3 Å². The lowest BCUT2D eigenvalue weighted by Gasteiger charge is -2.14. The molecule has 49 heavy (non-hydrogen) atoms. The quantitative estimate of drug-likeness (QED) is 0.183. The first kappa shape index (κ1) is 27.5. The largest absolute Gasteiger partial charge is 0.455 e. The molecule has 0 radical (unpaired) electrons. The van der Waals surface area contributed by atoms with E-state index in [4.69, 9.17) is 19.4 Å². The van der Waals surface area contributed by atoms with Crippen LogP contribution < -0.4 is 0 Å². The van der Waals surface area contributed by atoms with E-state index < -0.39 is 0 Å². The maximum Gasteiger partial charge on any atom is 0.164 e. The summed E-state index contributed by atoms with van der Waals surface area (Å²) in [5.41, 5.74) is 6.66. The van der Waals surface area contributed by atoms with Crippen molar-refractivity contribution in [3.05, 3.63) is 164 Å². The van der Waals surface area contributed by atoms with Crippen LogP contribution in [0.5, 0.6) is 0 Å². The minimum Gasteiger partial charge on any atom is -0.455 e. The van der Waals surface area contributed by atoms with Crippen LogP contribution in [0.15, 0.2) is 168 Å². The standard InChI is InChI=1S/C45H27N3O/c1-2-14-30(15-3-1)43-46-44(33-25-22-28-12-4-5-16-31(28)26-33)48-45(47-43)36-19-9-8-18-35(36)38-27-32-24-23-29-13-6-7-17-34(29)40(32)42-41(38)37-20-10-11-21-39(37)49-42/h1-27H. The molecule has 0 N–H and O–H groups in total. The molecule has 10 rings (SSSR count). The number of benzene rings is 8. The predicted octanol–water partition coefficient (Wildman–Crippen LogP) is 11.9. The fourth-order valence-electron chi connectivity index (χ4n) is 7.17. The van der Waals surface area contributed by atoms with E-state index in [1.54, 1.807) is 0 Å². The highest BCUT2D eigenvalue weighted by atomic mass is 16.3. The molecule has 0 aliphatic rings. The molecule has 0 aliphatic heterocycles. The Labute approximate surface area is 282 Å². The number of fused-ring (bicyclic) bond motifs is 8. The molecule has 10 aromatic rings. The molecule has 0 spiro atoms. The molecule has 0 bridgehead atoms. The summed E-state index contributed by atoms with van der Waals surface area (Å²) in [5.74, 6) is 1.88. The number of furan rings is 1. The lowest BCUT2D eigenvalue weighted by molar-refractivity contribution is 0.673. The number of para-hydroxylation sites is 1. The first-order chi connectivity index (χ1) is 24.3. The van der Waals surface area contributed by atoms with Gasteiger partial charge < -0.3 is 4.42 Å². The number of aromatic nitrogens is 3. The van der Waals surface area contributed by atoms with Crippen molar-refractivity contribution >= 4 is 54.3 Å². The van der Waals surface area contributed by atoms with Gasteiger partial charge in [-0.25, -0.2) is 15.0 Å². The number of nitrogens with zero attached hydrogens (tertiary/aromatic N) is 3. The molecule has 0 aliphatic carbocycles. The molecular weight excluding hydrogens is 599 g/mol. The molecule has 0 unspecified atom stereocenters. The average molecular weight is 626 g/mol. The summed E-state index contributed by atoms with van der Waals surface area (Å²) in [7, 11) is 0. The van der Waals surface area contributed by atoms with Crippen molar-refractivity contribution in [2.24, 2.45) is 0 Å². The monoisotopic (exact) mass is 625 g/mol. The van der Waals surface area contributed by atoms with Crippen molar-refractivity contribution in [2.45, 2.75) is 0 Å². The third-order valence-corrected chi connectivity index (χ3v) is 9.49. The fraction of sp³-hybridized carbons (Fsp3) is 0. The molecule has 4 nitrogen and oxygen atoms in total. The van der Waals surface area contributed by atoms with Gasteiger partial charge in [-0.05, 0) is 56.3 Å². The Balaban J connectivity index is 1.26. The molecule has 0 atom stereocenters. The van der Waals surface area contributed by atoms with E-state index in [1.165, 1.54) is 16.2 Å². The topological polar surface area (TPSA) is 51.8 Å². The molecule has 4 heteroatoms. The predicted molar refractivity (Wildman–Crippen MR) is 201 cm³/mol. The average Bonchev–Trinajstić information content (AvgIpc) is 3.57. The van der Waals surface area contributed by atoms with Crippen LogP contribution in [0.3, 0.4) is 0 Å². The maximum atomic E-state index is 6.73. The van der Waals surface area contributed by atoms with Gasteiger partial charge in [0.2, 0.25) is 0 Å². The first-order valence-electron chi connectivity index (χ1n) is 16.4. The van der Waals surface area contributed by atoms with Gasteiger partial charge in [-0.1, -0.05) is 146 Å². The van der Waals surface area contributed by atoms with Crippen molar-refractivity contribution in [1.82, 2.24) is 15.0 Å². The Morgan fingerprint density at radius 3 is 1.82 bits per heavy atom. The third-order valence-electron chi connectivity index (χ3n) is 9.49. The zero-order valence-corrected chi connectivity index (χ0v) is 26.3. The zero-order chi connectivity index (χ0) is 32.3. The van der Waals surface area contributed by atoms with Gasteiger partial charge in [0, 0.05) is 32.8 Å². The van der Waals surface area contributed by atoms with E-state index in [0.717, 1.165) is 65.9 Å². The van der Waals surface area contributed by atoms with Gasteiger partial charge in [0.1, 0.15) is 11.2 Å². The van der Waals surface area contributed by atoms with Gasteiger partial charge in [-0.3, -0.25) is 0 Å². The summed E-state index contributed by atoms with van der Waals surface area (Å²) in [6, 6.07) is 56.8. The lowest BCUT2D eigenvalue weighted by atomic mass is 9.90. The molecule has 0 saturated carbocycles. The van der Waals surface area contributed by atoms with Crippen LogP contribution in [0.2, 0.25) is 0 Å². The first-order valence-corrected chi connectivity index (χ1v) is 16.4. The van der Waals surface area contributed by atoms with Crippen LogP contribution in [0.25, 0.3) is 99.5 Å². The van der Waals surface area contributed by atoms with Gasteiger partial charge >= 0.3 is 0 Å². The Morgan fingerprint density at radius 1 is 0.347 bits per heavy atom. The normalized spacial score (nSPS) is 11.7. The Morgan fingerprint density at radius 2 is 0.959 bits per heavy atom. The van der Waals surface area contributed by atoms with E-state index in [-0.39, 0.29) is 0 Å². The van der Waals surface area contributed by atoms with Gasteiger partial charge in [0.15, 0.2) is 17.5 Å². The van der Waals surface area contributed by atoms with Crippen LogP contribution >= 0.6 is 0 Å². The van der Waals surface area contributed by atoms with Crippen molar-refractivity contribution in [1.29, 1.82) is 0 Å². The van der Waals surface area contributed by atoms with E-state index in [0.29, 0.717) is 17.5 Å². The highest BCUT2D eigenvalue weighted by Crippen LogP contribution is 2.45. The van der Waals surface area contributed by atoms with Crippen LogP contribution in [0.4, 0.5) is 0 Å². The van der Waals surface area contributed by atoms with Crippen LogP contribution in [0.1, 0.15) is 0 Å². The fourth-order valence-corrected chi connectivity index (χ4v) is 7.17. The summed E-state index contributed by atoms with van der Waals surface area (Å²) in [4.78, 5) is 15.3. The van der Waals surface area contributed by atoms with Crippen molar-refractivity contribution in [2.75, 3.05) is 0 Å². The van der Waals surface area contributed by atoms with Crippen LogP contribution in [0, 0.1) is 0 Å². The van der Waals surface area contributed by atoms with Crippen molar-refractivity contribution < 1.29 is 4.42 Å². The third kappa shape index (κ3) is 4.49. The van der Waals surface area contributed by atoms with E-state index in [2.05, 4.69) is 127 Å². The molecule has 0 amide bonds. The maximum absolute atomic E-state index is 6.73. The second kappa shape index (κ2) is 11.0.